The SMILES string of the molecule is CC[C@H](NC(=O)Cn1cnc2ccccc21)C(=O)O. The van der Waals surface area contributed by atoms with Gasteiger partial charge in [0, 0.05) is 0 Å². The third-order valence-electron chi connectivity index (χ3n) is 2.88. The maximum absolute atomic E-state index is 11.8. The summed E-state index contributed by atoms with van der Waals surface area (Å²) in [4.78, 5) is 26.8. The first kappa shape index (κ1) is 13.1. The van der Waals surface area contributed by atoms with Gasteiger partial charge in [0.25, 0.3) is 0 Å². The molecule has 6 heteroatoms. The lowest BCUT2D eigenvalue weighted by atomic mass is 10.2. The molecule has 0 fully saturated rings. The highest BCUT2D eigenvalue weighted by atomic mass is 16.4. The summed E-state index contributed by atoms with van der Waals surface area (Å²) in [7, 11) is 0. The molecule has 2 rings (SSSR count). The number of carbonyl (C=O) groups is 2. The molecule has 1 aromatic carbocycles. The first-order valence-electron chi connectivity index (χ1n) is 6.04. The van der Waals surface area contributed by atoms with Crippen LogP contribution in [0.5, 0.6) is 0 Å². The quantitative estimate of drug-likeness (QED) is 0.841. The van der Waals surface area contributed by atoms with Crippen LogP contribution in [0.4, 0.5) is 0 Å². The van der Waals surface area contributed by atoms with Gasteiger partial charge in [0.15, 0.2) is 0 Å². The number of aromatic nitrogens is 2. The Morgan fingerprint density at radius 3 is 2.84 bits per heavy atom. The summed E-state index contributed by atoms with van der Waals surface area (Å²) >= 11 is 0. The van der Waals surface area contributed by atoms with Crippen molar-refractivity contribution in [3.63, 3.8) is 0 Å². The van der Waals surface area contributed by atoms with Gasteiger partial charge < -0.3 is 15.0 Å². The fourth-order valence-corrected chi connectivity index (χ4v) is 1.87. The summed E-state index contributed by atoms with van der Waals surface area (Å²) in [5.41, 5.74) is 1.65. The Balaban J connectivity index is 2.09. The molecule has 1 heterocycles. The number of hydrogen-bond donors (Lipinski definition) is 2. The Bertz CT molecular complexity index is 606. The van der Waals surface area contributed by atoms with Crippen molar-refractivity contribution in [2.24, 2.45) is 0 Å². The minimum absolute atomic E-state index is 0.0598. The van der Waals surface area contributed by atoms with E-state index in [1.54, 1.807) is 17.8 Å². The molecule has 0 bridgehead atoms. The van der Waals surface area contributed by atoms with Gasteiger partial charge in [0.05, 0.1) is 17.4 Å². The van der Waals surface area contributed by atoms with Crippen molar-refractivity contribution >= 4 is 22.9 Å². The lowest BCUT2D eigenvalue weighted by Gasteiger charge is -2.12. The van der Waals surface area contributed by atoms with Gasteiger partial charge in [-0.25, -0.2) is 9.78 Å². The molecule has 1 aromatic heterocycles. The van der Waals surface area contributed by atoms with Gasteiger partial charge in [-0.15, -0.1) is 0 Å². The van der Waals surface area contributed by atoms with E-state index in [1.807, 2.05) is 24.3 Å². The number of imidazole rings is 1. The monoisotopic (exact) mass is 261 g/mol. The summed E-state index contributed by atoms with van der Waals surface area (Å²) in [6.07, 6.45) is 1.93. The lowest BCUT2D eigenvalue weighted by molar-refractivity contribution is -0.142. The van der Waals surface area contributed by atoms with Crippen molar-refractivity contribution in [1.29, 1.82) is 0 Å². The lowest BCUT2D eigenvalue weighted by Crippen LogP contribution is -2.41. The second kappa shape index (κ2) is 5.51. The van der Waals surface area contributed by atoms with Crippen LogP contribution in [0.2, 0.25) is 0 Å². The maximum atomic E-state index is 11.8. The van der Waals surface area contributed by atoms with Crippen molar-refractivity contribution < 1.29 is 14.7 Å². The van der Waals surface area contributed by atoms with Crippen molar-refractivity contribution in [2.45, 2.75) is 25.9 Å². The van der Waals surface area contributed by atoms with Gasteiger partial charge in [0.1, 0.15) is 12.6 Å². The summed E-state index contributed by atoms with van der Waals surface area (Å²) in [5.74, 6) is -1.36. The molecule has 0 saturated carbocycles. The number of amides is 1. The molecule has 0 aliphatic rings. The number of nitrogens with one attached hydrogen (secondary N) is 1. The normalized spacial score (nSPS) is 12.3. The summed E-state index contributed by atoms with van der Waals surface area (Å²) in [6.45, 7) is 1.77. The van der Waals surface area contributed by atoms with E-state index in [1.165, 1.54) is 0 Å². The third-order valence-corrected chi connectivity index (χ3v) is 2.88. The number of benzene rings is 1. The molecule has 1 atom stereocenters. The van der Waals surface area contributed by atoms with E-state index < -0.39 is 12.0 Å². The second-order valence-electron chi connectivity index (χ2n) is 4.23. The molecular formula is C13H15N3O3. The molecule has 1 amide bonds. The van der Waals surface area contributed by atoms with Crippen LogP contribution in [0.3, 0.4) is 0 Å². The largest absolute Gasteiger partial charge is 0.480 e. The van der Waals surface area contributed by atoms with Crippen LogP contribution in [0, 0.1) is 0 Å². The minimum Gasteiger partial charge on any atom is -0.480 e. The molecule has 0 radical (unpaired) electrons. The Kier molecular flexibility index (Phi) is 3.79. The van der Waals surface area contributed by atoms with E-state index in [2.05, 4.69) is 10.3 Å². The number of para-hydroxylation sites is 2. The van der Waals surface area contributed by atoms with Crippen molar-refractivity contribution in [1.82, 2.24) is 14.9 Å². The molecule has 100 valence electrons. The van der Waals surface area contributed by atoms with Gasteiger partial charge in [0.2, 0.25) is 5.91 Å². The highest BCUT2D eigenvalue weighted by molar-refractivity contribution is 5.84. The highest BCUT2D eigenvalue weighted by Crippen LogP contribution is 2.11. The predicted octanol–water partition coefficient (Wildman–Crippen LogP) is 1.02. The molecule has 0 spiro atoms. The number of rotatable bonds is 5. The minimum atomic E-state index is -1.02. The second-order valence-corrected chi connectivity index (χ2v) is 4.23. The Morgan fingerprint density at radius 1 is 1.42 bits per heavy atom. The number of carbonyl (C=O) groups excluding carboxylic acids is 1. The summed E-state index contributed by atoms with van der Waals surface area (Å²) < 4.78 is 1.69. The molecule has 0 aliphatic carbocycles. The van der Waals surface area contributed by atoms with Crippen LogP contribution in [-0.4, -0.2) is 32.6 Å². The molecule has 19 heavy (non-hydrogen) atoms. The zero-order valence-corrected chi connectivity index (χ0v) is 10.5. The van der Waals surface area contributed by atoms with Crippen LogP contribution >= 0.6 is 0 Å². The maximum Gasteiger partial charge on any atom is 0.326 e. The fourth-order valence-electron chi connectivity index (χ4n) is 1.87. The summed E-state index contributed by atoms with van der Waals surface area (Å²) in [6, 6.07) is 6.61. The van der Waals surface area contributed by atoms with E-state index in [0.717, 1.165) is 11.0 Å². The standard InChI is InChI=1S/C13H15N3O3/c1-2-9(13(18)19)15-12(17)7-16-8-14-10-5-3-4-6-11(10)16/h3-6,8-9H,2,7H2,1H3,(H,15,17)(H,18,19)/t9-/m0/s1. The van der Waals surface area contributed by atoms with Gasteiger partial charge >= 0.3 is 5.97 Å². The number of nitrogens with zero attached hydrogens (tertiary/aromatic N) is 2. The molecular weight excluding hydrogens is 246 g/mol. The van der Waals surface area contributed by atoms with E-state index in [4.69, 9.17) is 5.11 Å². The van der Waals surface area contributed by atoms with Gasteiger partial charge in [-0.2, -0.15) is 0 Å². The van der Waals surface area contributed by atoms with Crippen molar-refractivity contribution in [2.75, 3.05) is 0 Å². The smallest absolute Gasteiger partial charge is 0.326 e. The zero-order chi connectivity index (χ0) is 13.8. The average molecular weight is 261 g/mol. The highest BCUT2D eigenvalue weighted by Gasteiger charge is 2.17. The first-order chi connectivity index (χ1) is 9.11. The molecule has 0 aliphatic heterocycles. The summed E-state index contributed by atoms with van der Waals surface area (Å²) in [5, 5.41) is 11.4. The Labute approximate surface area is 110 Å². The number of fused-ring (bicyclic) bond motifs is 1. The van der Waals surface area contributed by atoms with Crippen LogP contribution in [0.25, 0.3) is 11.0 Å². The van der Waals surface area contributed by atoms with Crippen molar-refractivity contribution in [3.05, 3.63) is 30.6 Å². The average Bonchev–Trinajstić information content (AvgIpc) is 2.79. The first-order valence-corrected chi connectivity index (χ1v) is 6.04. The Hall–Kier alpha value is -2.37. The molecule has 0 saturated heterocycles. The van der Waals surface area contributed by atoms with Crippen LogP contribution in [-0.2, 0) is 16.1 Å². The number of aliphatic carboxylic acids is 1. The van der Waals surface area contributed by atoms with Gasteiger partial charge in [-0.05, 0) is 18.6 Å². The van der Waals surface area contributed by atoms with Crippen LogP contribution in [0.15, 0.2) is 30.6 Å². The number of carboxylic acid groups (broad SMARTS) is 1. The van der Waals surface area contributed by atoms with Crippen LogP contribution in [0.1, 0.15) is 13.3 Å². The third kappa shape index (κ3) is 2.90. The van der Waals surface area contributed by atoms with Crippen molar-refractivity contribution in [3.8, 4) is 0 Å². The van der Waals surface area contributed by atoms with E-state index in [9.17, 15) is 9.59 Å². The molecule has 6 nitrogen and oxygen atoms in total. The molecule has 2 aromatic rings. The van der Waals surface area contributed by atoms with E-state index in [-0.39, 0.29) is 12.5 Å². The molecule has 2 N–H and O–H groups in total. The van der Waals surface area contributed by atoms with Crippen LogP contribution < -0.4 is 5.32 Å². The Morgan fingerprint density at radius 2 is 2.16 bits per heavy atom. The molecule has 0 unspecified atom stereocenters. The van der Waals surface area contributed by atoms with Gasteiger partial charge in [-0.3, -0.25) is 4.79 Å². The zero-order valence-electron chi connectivity index (χ0n) is 10.5. The fraction of sp³-hybridized carbons (Fsp3) is 0.308. The predicted molar refractivity (Wildman–Crippen MR) is 69.6 cm³/mol. The topological polar surface area (TPSA) is 84.2 Å². The van der Waals surface area contributed by atoms with E-state index >= 15 is 0 Å². The number of carboxylic acids is 1. The van der Waals surface area contributed by atoms with E-state index in [0.29, 0.717) is 6.42 Å². The van der Waals surface area contributed by atoms with Gasteiger partial charge in [-0.1, -0.05) is 19.1 Å². The number of hydrogen-bond acceptors (Lipinski definition) is 3.